The lowest BCUT2D eigenvalue weighted by Crippen LogP contribution is -2.01. The summed E-state index contributed by atoms with van der Waals surface area (Å²) in [4.78, 5) is 14.9. The van der Waals surface area contributed by atoms with E-state index in [0.717, 1.165) is 4.90 Å². The van der Waals surface area contributed by atoms with Gasteiger partial charge in [0.25, 0.3) is 0 Å². The Labute approximate surface area is 118 Å². The quantitative estimate of drug-likeness (QED) is 0.850. The second kappa shape index (κ2) is 5.69. The van der Waals surface area contributed by atoms with Gasteiger partial charge in [0.2, 0.25) is 5.43 Å². The molecular weight excluding hydrogens is 293 g/mol. The van der Waals surface area contributed by atoms with Gasteiger partial charge in [-0.15, -0.1) is 11.8 Å². The standard InChI is InChI=1S/C12H9Cl2NO2S/c13-7-1-2-9(14)12(3-7)18-6-8-4-10(16)11(17)5-15-8/h1-5,17H,6H2,(H,15,16). The van der Waals surface area contributed by atoms with Crippen LogP contribution in [0.3, 0.4) is 0 Å². The topological polar surface area (TPSA) is 53.1 Å². The zero-order valence-electron chi connectivity index (χ0n) is 9.11. The zero-order valence-corrected chi connectivity index (χ0v) is 11.4. The first-order valence-corrected chi connectivity index (χ1v) is 6.79. The Morgan fingerprint density at radius 1 is 1.28 bits per heavy atom. The Balaban J connectivity index is 2.13. The summed E-state index contributed by atoms with van der Waals surface area (Å²) < 4.78 is 0. The number of thioether (sulfide) groups is 1. The highest BCUT2D eigenvalue weighted by Gasteiger charge is 2.04. The Morgan fingerprint density at radius 3 is 2.78 bits per heavy atom. The monoisotopic (exact) mass is 301 g/mol. The summed E-state index contributed by atoms with van der Waals surface area (Å²) in [5.41, 5.74) is 0.306. The van der Waals surface area contributed by atoms with Crippen LogP contribution in [0.5, 0.6) is 5.75 Å². The van der Waals surface area contributed by atoms with Crippen molar-refractivity contribution in [2.45, 2.75) is 10.6 Å². The molecule has 0 atom stereocenters. The minimum Gasteiger partial charge on any atom is -0.503 e. The molecule has 2 N–H and O–H groups in total. The average molecular weight is 302 g/mol. The molecule has 0 amide bonds. The second-order valence-electron chi connectivity index (χ2n) is 3.57. The normalized spacial score (nSPS) is 10.6. The fraction of sp³-hybridized carbons (Fsp3) is 0.0833. The van der Waals surface area contributed by atoms with Crippen molar-refractivity contribution in [2.24, 2.45) is 0 Å². The minimum atomic E-state index is -0.401. The first-order chi connectivity index (χ1) is 8.56. The van der Waals surface area contributed by atoms with Gasteiger partial charge in [-0.1, -0.05) is 23.2 Å². The van der Waals surface area contributed by atoms with Gasteiger partial charge in [-0.3, -0.25) is 4.79 Å². The van der Waals surface area contributed by atoms with Crippen LogP contribution in [-0.4, -0.2) is 10.1 Å². The molecule has 3 nitrogen and oxygen atoms in total. The third-order valence-electron chi connectivity index (χ3n) is 2.23. The molecule has 0 spiro atoms. The van der Waals surface area contributed by atoms with Crippen molar-refractivity contribution in [1.82, 2.24) is 4.98 Å². The maximum Gasteiger partial charge on any atom is 0.223 e. The predicted octanol–water partition coefficient (Wildman–Crippen LogP) is 3.68. The van der Waals surface area contributed by atoms with Crippen LogP contribution in [0.1, 0.15) is 5.69 Å². The van der Waals surface area contributed by atoms with E-state index >= 15 is 0 Å². The van der Waals surface area contributed by atoms with Gasteiger partial charge >= 0.3 is 0 Å². The van der Waals surface area contributed by atoms with Gasteiger partial charge in [-0.2, -0.15) is 0 Å². The van der Waals surface area contributed by atoms with Crippen LogP contribution < -0.4 is 5.43 Å². The van der Waals surface area contributed by atoms with Crippen molar-refractivity contribution in [3.63, 3.8) is 0 Å². The van der Waals surface area contributed by atoms with E-state index < -0.39 is 5.43 Å². The van der Waals surface area contributed by atoms with Crippen molar-refractivity contribution in [3.8, 4) is 5.75 Å². The summed E-state index contributed by atoms with van der Waals surface area (Å²) in [6, 6.07) is 6.58. The lowest BCUT2D eigenvalue weighted by atomic mass is 10.3. The van der Waals surface area contributed by atoms with Crippen molar-refractivity contribution in [1.29, 1.82) is 0 Å². The number of aromatic hydroxyl groups is 1. The number of rotatable bonds is 3. The Hall–Kier alpha value is -1.10. The molecule has 18 heavy (non-hydrogen) atoms. The molecule has 0 unspecified atom stereocenters. The molecule has 0 bridgehead atoms. The maximum absolute atomic E-state index is 11.2. The van der Waals surface area contributed by atoms with E-state index in [1.165, 1.54) is 24.0 Å². The highest BCUT2D eigenvalue weighted by atomic mass is 35.5. The Bertz CT molecular complexity index is 628. The number of benzene rings is 1. The van der Waals surface area contributed by atoms with Gasteiger partial charge in [-0.25, -0.2) is 0 Å². The van der Waals surface area contributed by atoms with Gasteiger partial charge in [0.1, 0.15) is 0 Å². The van der Waals surface area contributed by atoms with E-state index in [0.29, 0.717) is 21.5 Å². The molecule has 2 rings (SSSR count). The van der Waals surface area contributed by atoms with Gasteiger partial charge < -0.3 is 10.1 Å². The molecule has 0 radical (unpaired) electrons. The first-order valence-electron chi connectivity index (χ1n) is 5.04. The van der Waals surface area contributed by atoms with E-state index in [-0.39, 0.29) is 5.75 Å². The van der Waals surface area contributed by atoms with Crippen molar-refractivity contribution in [2.75, 3.05) is 0 Å². The minimum absolute atomic E-state index is 0.287. The first kappa shape index (κ1) is 13.3. The number of pyridine rings is 1. The third-order valence-corrected chi connectivity index (χ3v) is 4.01. The molecule has 94 valence electrons. The van der Waals surface area contributed by atoms with E-state index in [2.05, 4.69) is 4.98 Å². The van der Waals surface area contributed by atoms with Gasteiger partial charge in [0, 0.05) is 33.6 Å². The molecule has 0 aliphatic carbocycles. The Kier molecular flexibility index (Phi) is 4.22. The summed E-state index contributed by atoms with van der Waals surface area (Å²) in [5.74, 6) is 0.250. The highest BCUT2D eigenvalue weighted by Crippen LogP contribution is 2.31. The van der Waals surface area contributed by atoms with Crippen LogP contribution in [0.25, 0.3) is 0 Å². The summed E-state index contributed by atoms with van der Waals surface area (Å²) in [6.07, 6.45) is 1.28. The predicted molar refractivity (Wildman–Crippen MR) is 74.8 cm³/mol. The highest BCUT2D eigenvalue weighted by molar-refractivity contribution is 7.98. The van der Waals surface area contributed by atoms with E-state index in [1.54, 1.807) is 18.2 Å². The summed E-state index contributed by atoms with van der Waals surface area (Å²) >= 11 is 13.4. The number of halogens is 2. The number of nitrogens with one attached hydrogen (secondary N) is 1. The van der Waals surface area contributed by atoms with E-state index in [1.807, 2.05) is 0 Å². The number of aromatic nitrogens is 1. The summed E-state index contributed by atoms with van der Waals surface area (Å²) in [5, 5.41) is 10.3. The lowest BCUT2D eigenvalue weighted by Gasteiger charge is -2.05. The fourth-order valence-corrected chi connectivity index (χ4v) is 2.74. The average Bonchev–Trinajstić information content (AvgIpc) is 2.34. The molecule has 1 aromatic carbocycles. The molecule has 1 aromatic heterocycles. The zero-order chi connectivity index (χ0) is 13.1. The lowest BCUT2D eigenvalue weighted by molar-refractivity contribution is 0.467. The summed E-state index contributed by atoms with van der Waals surface area (Å²) in [6.45, 7) is 0. The number of aromatic amines is 1. The Morgan fingerprint density at radius 2 is 2.06 bits per heavy atom. The largest absolute Gasteiger partial charge is 0.503 e. The van der Waals surface area contributed by atoms with E-state index in [4.69, 9.17) is 28.3 Å². The molecule has 0 fully saturated rings. The van der Waals surface area contributed by atoms with Crippen LogP contribution in [0.4, 0.5) is 0 Å². The van der Waals surface area contributed by atoms with Gasteiger partial charge in [-0.05, 0) is 18.2 Å². The van der Waals surface area contributed by atoms with Crippen molar-refractivity contribution < 1.29 is 5.11 Å². The molecule has 0 aliphatic heterocycles. The SMILES string of the molecule is O=c1cc(CSc2cc(Cl)ccc2Cl)[nH]cc1O. The molecule has 2 aromatic rings. The van der Waals surface area contributed by atoms with Crippen molar-refractivity contribution >= 4 is 35.0 Å². The van der Waals surface area contributed by atoms with Crippen LogP contribution in [0.2, 0.25) is 10.0 Å². The molecule has 0 saturated heterocycles. The van der Waals surface area contributed by atoms with E-state index in [9.17, 15) is 4.79 Å². The summed E-state index contributed by atoms with van der Waals surface area (Å²) in [7, 11) is 0. The van der Waals surface area contributed by atoms with Crippen LogP contribution in [-0.2, 0) is 5.75 Å². The van der Waals surface area contributed by atoms with Crippen molar-refractivity contribution in [3.05, 3.63) is 56.4 Å². The third kappa shape index (κ3) is 3.22. The molecule has 0 aliphatic rings. The molecule has 1 heterocycles. The van der Waals surface area contributed by atoms with Gasteiger partial charge in [0.15, 0.2) is 5.75 Å². The maximum atomic E-state index is 11.2. The number of hydrogen-bond acceptors (Lipinski definition) is 3. The fourth-order valence-electron chi connectivity index (χ4n) is 1.33. The molecule has 0 saturated carbocycles. The van der Waals surface area contributed by atoms with Gasteiger partial charge in [0.05, 0.1) is 5.02 Å². The molecular formula is C12H9Cl2NO2S. The second-order valence-corrected chi connectivity index (χ2v) is 5.43. The smallest absolute Gasteiger partial charge is 0.223 e. The van der Waals surface area contributed by atoms with Crippen LogP contribution in [0.15, 0.2) is 40.2 Å². The number of H-pyrrole nitrogens is 1. The molecule has 6 heteroatoms. The number of hydrogen-bond donors (Lipinski definition) is 2. The van der Waals surface area contributed by atoms with Crippen LogP contribution in [0, 0.1) is 0 Å². The van der Waals surface area contributed by atoms with Crippen LogP contribution >= 0.6 is 35.0 Å².